The number of nitrogens with two attached hydrogens (primary N) is 1. The van der Waals surface area contributed by atoms with Gasteiger partial charge in [-0.3, -0.25) is 4.79 Å². The van der Waals surface area contributed by atoms with Crippen LogP contribution >= 0.6 is 28.1 Å². The van der Waals surface area contributed by atoms with Crippen molar-refractivity contribution in [2.45, 2.75) is 6.92 Å². The summed E-state index contributed by atoms with van der Waals surface area (Å²) in [6.45, 7) is 1.89. The Kier molecular flexibility index (Phi) is 4.01. The van der Waals surface area contributed by atoms with E-state index in [1.54, 1.807) is 18.2 Å². The molecular formula is C13H11BrN2O2S. The number of carbonyl (C=O) groups excluding carboxylic acids is 1. The van der Waals surface area contributed by atoms with Crippen molar-refractivity contribution in [3.8, 4) is 0 Å². The lowest BCUT2D eigenvalue weighted by Crippen LogP contribution is -2.14. The largest absolute Gasteiger partial charge is 0.444 e. The quantitative estimate of drug-likeness (QED) is 0.843. The number of anilines is 1. The van der Waals surface area contributed by atoms with Gasteiger partial charge in [0.2, 0.25) is 0 Å². The fraction of sp³-hybridized carbons (Fsp3) is 0.0769. The minimum absolute atomic E-state index is 0.229. The molecule has 3 N–H and O–H groups in total. The number of furan rings is 1. The predicted molar refractivity (Wildman–Crippen MR) is 81.4 cm³/mol. The van der Waals surface area contributed by atoms with Gasteiger partial charge in [0.15, 0.2) is 10.4 Å². The van der Waals surface area contributed by atoms with Gasteiger partial charge in [-0.05, 0) is 46.6 Å². The van der Waals surface area contributed by atoms with E-state index >= 15 is 0 Å². The van der Waals surface area contributed by atoms with Crippen molar-refractivity contribution in [1.29, 1.82) is 0 Å². The van der Waals surface area contributed by atoms with Crippen molar-refractivity contribution >= 4 is 44.7 Å². The molecular weight excluding hydrogens is 328 g/mol. The van der Waals surface area contributed by atoms with Crippen LogP contribution in [0.25, 0.3) is 0 Å². The lowest BCUT2D eigenvalue weighted by molar-refractivity contribution is 0.0995. The molecule has 0 saturated heterocycles. The standard InChI is InChI=1S/C13H11BrN2O2S/c1-7-2-3-8(12(15)19)6-9(7)16-13(17)10-4-5-11(14)18-10/h2-6H,1H3,(H2,15,19)(H,16,17). The zero-order valence-electron chi connectivity index (χ0n) is 10.1. The Morgan fingerprint density at radius 1 is 1.37 bits per heavy atom. The molecule has 0 saturated carbocycles. The Morgan fingerprint density at radius 3 is 2.68 bits per heavy atom. The maximum Gasteiger partial charge on any atom is 0.291 e. The average molecular weight is 339 g/mol. The molecule has 1 heterocycles. The Hall–Kier alpha value is -1.66. The number of amides is 1. The highest BCUT2D eigenvalue weighted by molar-refractivity contribution is 9.10. The molecule has 0 atom stereocenters. The number of rotatable bonds is 3. The van der Waals surface area contributed by atoms with Gasteiger partial charge in [0, 0.05) is 11.3 Å². The molecule has 0 aliphatic carbocycles. The van der Waals surface area contributed by atoms with Gasteiger partial charge in [-0.1, -0.05) is 24.4 Å². The van der Waals surface area contributed by atoms with Crippen LogP contribution in [0.3, 0.4) is 0 Å². The van der Waals surface area contributed by atoms with Crippen LogP contribution in [0, 0.1) is 6.92 Å². The zero-order chi connectivity index (χ0) is 14.0. The maximum atomic E-state index is 12.0. The first-order valence-electron chi connectivity index (χ1n) is 5.44. The van der Waals surface area contributed by atoms with Crippen LogP contribution in [-0.4, -0.2) is 10.9 Å². The summed E-state index contributed by atoms with van der Waals surface area (Å²) in [6, 6.07) is 8.66. The van der Waals surface area contributed by atoms with E-state index in [1.165, 1.54) is 0 Å². The highest BCUT2D eigenvalue weighted by Crippen LogP contribution is 2.20. The van der Waals surface area contributed by atoms with Crippen LogP contribution in [0.1, 0.15) is 21.7 Å². The molecule has 98 valence electrons. The van der Waals surface area contributed by atoms with Gasteiger partial charge in [0.05, 0.1) is 0 Å². The predicted octanol–water partition coefficient (Wildman–Crippen LogP) is 3.24. The second-order valence-electron chi connectivity index (χ2n) is 3.95. The van der Waals surface area contributed by atoms with E-state index < -0.39 is 0 Å². The molecule has 2 aromatic rings. The molecule has 0 aliphatic heterocycles. The molecule has 2 rings (SSSR count). The number of carbonyl (C=O) groups is 1. The smallest absolute Gasteiger partial charge is 0.291 e. The topological polar surface area (TPSA) is 68.3 Å². The molecule has 1 aromatic heterocycles. The number of halogens is 1. The summed E-state index contributed by atoms with van der Waals surface area (Å²) in [5.74, 6) is -0.0964. The highest BCUT2D eigenvalue weighted by Gasteiger charge is 2.12. The van der Waals surface area contributed by atoms with Crippen molar-refractivity contribution in [2.24, 2.45) is 5.73 Å². The summed E-state index contributed by atoms with van der Waals surface area (Å²) in [4.78, 5) is 12.3. The van der Waals surface area contributed by atoms with Crippen molar-refractivity contribution < 1.29 is 9.21 Å². The Morgan fingerprint density at radius 2 is 2.11 bits per heavy atom. The van der Waals surface area contributed by atoms with E-state index in [0.717, 1.165) is 5.56 Å². The Balaban J connectivity index is 2.25. The fourth-order valence-electron chi connectivity index (χ4n) is 1.53. The molecule has 0 bridgehead atoms. The number of nitrogens with one attached hydrogen (secondary N) is 1. The number of benzene rings is 1. The Labute approximate surface area is 124 Å². The van der Waals surface area contributed by atoms with Crippen molar-refractivity contribution in [2.75, 3.05) is 5.32 Å². The first-order valence-corrected chi connectivity index (χ1v) is 6.64. The molecule has 4 nitrogen and oxygen atoms in total. The molecule has 0 spiro atoms. The van der Waals surface area contributed by atoms with Crippen molar-refractivity contribution in [3.05, 3.63) is 51.9 Å². The highest BCUT2D eigenvalue weighted by atomic mass is 79.9. The molecule has 1 amide bonds. The summed E-state index contributed by atoms with van der Waals surface area (Å²) in [7, 11) is 0. The zero-order valence-corrected chi connectivity index (χ0v) is 12.5. The molecule has 0 radical (unpaired) electrons. The molecule has 0 unspecified atom stereocenters. The number of hydrogen-bond acceptors (Lipinski definition) is 3. The van der Waals surface area contributed by atoms with Gasteiger partial charge in [-0.2, -0.15) is 0 Å². The van der Waals surface area contributed by atoms with E-state index in [0.29, 0.717) is 15.9 Å². The van der Waals surface area contributed by atoms with Gasteiger partial charge < -0.3 is 15.5 Å². The lowest BCUT2D eigenvalue weighted by atomic mass is 10.1. The molecule has 1 aromatic carbocycles. The van der Waals surface area contributed by atoms with Gasteiger partial charge in [-0.25, -0.2) is 0 Å². The number of thiocarbonyl (C=S) groups is 1. The monoisotopic (exact) mass is 338 g/mol. The second kappa shape index (κ2) is 5.54. The first kappa shape index (κ1) is 13.8. The van der Waals surface area contributed by atoms with Crippen LogP contribution < -0.4 is 11.1 Å². The normalized spacial score (nSPS) is 10.2. The van der Waals surface area contributed by atoms with E-state index in [1.807, 2.05) is 19.1 Å². The van der Waals surface area contributed by atoms with E-state index in [9.17, 15) is 4.79 Å². The van der Waals surface area contributed by atoms with Gasteiger partial charge in [0.1, 0.15) is 4.99 Å². The summed E-state index contributed by atoms with van der Waals surface area (Å²) in [6.07, 6.45) is 0. The van der Waals surface area contributed by atoms with Gasteiger partial charge in [0.25, 0.3) is 5.91 Å². The lowest BCUT2D eigenvalue weighted by Gasteiger charge is -2.09. The van der Waals surface area contributed by atoms with Crippen LogP contribution in [0.15, 0.2) is 39.4 Å². The summed E-state index contributed by atoms with van der Waals surface area (Å²) in [5.41, 5.74) is 7.85. The van der Waals surface area contributed by atoms with Gasteiger partial charge in [-0.15, -0.1) is 0 Å². The molecule has 19 heavy (non-hydrogen) atoms. The Bertz CT molecular complexity index is 652. The third-order valence-electron chi connectivity index (χ3n) is 2.57. The number of aryl methyl sites for hydroxylation is 1. The van der Waals surface area contributed by atoms with Crippen LogP contribution in [0.4, 0.5) is 5.69 Å². The van der Waals surface area contributed by atoms with E-state index in [2.05, 4.69) is 21.2 Å². The van der Waals surface area contributed by atoms with Crippen molar-refractivity contribution in [3.63, 3.8) is 0 Å². The van der Waals surface area contributed by atoms with Crippen LogP contribution in [0.2, 0.25) is 0 Å². The molecule has 0 aliphatic rings. The molecule has 0 fully saturated rings. The summed E-state index contributed by atoms with van der Waals surface area (Å²) in [5, 5.41) is 2.77. The third kappa shape index (κ3) is 3.21. The fourth-order valence-corrected chi connectivity index (χ4v) is 1.96. The summed E-state index contributed by atoms with van der Waals surface area (Å²) >= 11 is 8.07. The van der Waals surface area contributed by atoms with Crippen molar-refractivity contribution in [1.82, 2.24) is 0 Å². The van der Waals surface area contributed by atoms with E-state index in [4.69, 9.17) is 22.4 Å². The third-order valence-corrected chi connectivity index (χ3v) is 3.23. The number of hydrogen-bond donors (Lipinski definition) is 2. The van der Waals surface area contributed by atoms with Crippen LogP contribution in [0.5, 0.6) is 0 Å². The SMILES string of the molecule is Cc1ccc(C(N)=S)cc1NC(=O)c1ccc(Br)o1. The average Bonchev–Trinajstić information content (AvgIpc) is 2.78. The van der Waals surface area contributed by atoms with Gasteiger partial charge >= 0.3 is 0 Å². The maximum absolute atomic E-state index is 12.0. The summed E-state index contributed by atoms with van der Waals surface area (Å²) < 4.78 is 5.70. The van der Waals surface area contributed by atoms with E-state index in [-0.39, 0.29) is 16.7 Å². The minimum Gasteiger partial charge on any atom is -0.444 e. The first-order chi connectivity index (χ1) is 8.97. The minimum atomic E-state index is -0.325. The molecule has 6 heteroatoms. The van der Waals surface area contributed by atoms with Crippen LogP contribution in [-0.2, 0) is 0 Å². The second-order valence-corrected chi connectivity index (χ2v) is 5.17.